The number of hydrogen-bond acceptors (Lipinski definition) is 5. The van der Waals surface area contributed by atoms with E-state index in [2.05, 4.69) is 4.98 Å². The van der Waals surface area contributed by atoms with Crippen LogP contribution in [0.1, 0.15) is 42.1 Å². The molecule has 3 aromatic rings. The summed E-state index contributed by atoms with van der Waals surface area (Å²) < 4.78 is 61.5. The molecule has 0 bridgehead atoms. The lowest BCUT2D eigenvalue weighted by Crippen LogP contribution is -2.34. The number of aromatic nitrogens is 3. The van der Waals surface area contributed by atoms with Crippen LogP contribution in [-0.4, -0.2) is 58.0 Å². The molecule has 0 N–H and O–H groups in total. The van der Waals surface area contributed by atoms with E-state index < -0.39 is 18.1 Å². The monoisotopic (exact) mass is 504 g/mol. The first-order valence-corrected chi connectivity index (χ1v) is 12.2. The van der Waals surface area contributed by atoms with Gasteiger partial charge in [0.15, 0.2) is 5.65 Å². The van der Waals surface area contributed by atoms with E-state index in [0.717, 1.165) is 18.6 Å². The molecule has 192 valence electrons. The largest absolute Gasteiger partial charge is 0.378 e. The molecule has 3 atom stereocenters. The number of alkyl halides is 2. The van der Waals surface area contributed by atoms with Crippen molar-refractivity contribution in [1.82, 2.24) is 19.3 Å². The van der Waals surface area contributed by atoms with E-state index in [0.29, 0.717) is 49.5 Å². The average molecular weight is 505 g/mol. The number of likely N-dealkylation sites (tertiary alicyclic amines) is 1. The van der Waals surface area contributed by atoms with Crippen LogP contribution in [0.3, 0.4) is 0 Å². The number of benzene rings is 1. The molecule has 5 rings (SSSR count). The minimum absolute atomic E-state index is 0.0629. The van der Waals surface area contributed by atoms with Gasteiger partial charge in [-0.15, -0.1) is 0 Å². The van der Waals surface area contributed by atoms with E-state index in [1.807, 2.05) is 0 Å². The predicted molar refractivity (Wildman–Crippen MR) is 126 cm³/mol. The smallest absolute Gasteiger partial charge is 0.261 e. The molecule has 4 heterocycles. The second-order valence-electron chi connectivity index (χ2n) is 9.79. The fraction of sp³-hybridized carbons (Fsp3) is 0.500. The molecule has 0 saturated carbocycles. The molecule has 6 nitrogen and oxygen atoms in total. The van der Waals surface area contributed by atoms with Crippen LogP contribution in [0, 0.1) is 31.4 Å². The molecule has 0 aliphatic carbocycles. The quantitative estimate of drug-likeness (QED) is 0.479. The van der Waals surface area contributed by atoms with Gasteiger partial charge in [0.1, 0.15) is 17.3 Å². The number of fused-ring (bicyclic) bond motifs is 1. The van der Waals surface area contributed by atoms with Crippen molar-refractivity contribution in [1.29, 1.82) is 0 Å². The van der Waals surface area contributed by atoms with Gasteiger partial charge in [-0.3, -0.25) is 14.1 Å². The highest BCUT2D eigenvalue weighted by molar-refractivity contribution is 5.74. The molecular formula is C26H28F4N4O2. The lowest BCUT2D eigenvalue weighted by Gasteiger charge is -2.33. The Kier molecular flexibility index (Phi) is 6.82. The van der Waals surface area contributed by atoms with E-state index in [-0.39, 0.29) is 46.9 Å². The van der Waals surface area contributed by atoms with Crippen molar-refractivity contribution < 1.29 is 22.3 Å². The van der Waals surface area contributed by atoms with Crippen LogP contribution in [-0.2, 0) is 4.74 Å². The molecule has 0 spiro atoms. The van der Waals surface area contributed by atoms with Crippen molar-refractivity contribution in [3.05, 3.63) is 63.3 Å². The minimum Gasteiger partial charge on any atom is -0.378 e. The fourth-order valence-corrected chi connectivity index (χ4v) is 5.37. The van der Waals surface area contributed by atoms with E-state index in [1.54, 1.807) is 24.9 Å². The Balaban J connectivity index is 1.53. The minimum atomic E-state index is -2.37. The summed E-state index contributed by atoms with van der Waals surface area (Å²) in [7, 11) is 0. The van der Waals surface area contributed by atoms with Gasteiger partial charge in [-0.25, -0.2) is 27.5 Å². The Morgan fingerprint density at radius 1 is 1.17 bits per heavy atom. The van der Waals surface area contributed by atoms with Crippen LogP contribution in [0.2, 0.25) is 0 Å². The first-order chi connectivity index (χ1) is 17.2. The molecule has 10 heteroatoms. The number of halogens is 4. The molecule has 2 aliphatic rings. The van der Waals surface area contributed by atoms with Crippen molar-refractivity contribution in [2.45, 2.75) is 51.6 Å². The second-order valence-corrected chi connectivity index (χ2v) is 9.79. The van der Waals surface area contributed by atoms with E-state index in [9.17, 15) is 22.4 Å². The molecule has 0 unspecified atom stereocenters. The molecule has 2 fully saturated rings. The lowest BCUT2D eigenvalue weighted by molar-refractivity contribution is -0.0280. The van der Waals surface area contributed by atoms with Crippen LogP contribution in [0.15, 0.2) is 29.2 Å². The van der Waals surface area contributed by atoms with Crippen LogP contribution in [0.4, 0.5) is 17.6 Å². The summed E-state index contributed by atoms with van der Waals surface area (Å²) in [5, 5.41) is 0. The third-order valence-electron chi connectivity index (χ3n) is 7.45. The Bertz CT molecular complexity index is 1350. The van der Waals surface area contributed by atoms with Gasteiger partial charge in [0.05, 0.1) is 18.3 Å². The number of hydrogen-bond donors (Lipinski definition) is 0. The summed E-state index contributed by atoms with van der Waals surface area (Å²) in [6, 6.07) is 3.24. The number of rotatable bonds is 5. The van der Waals surface area contributed by atoms with Crippen LogP contribution in [0.25, 0.3) is 16.9 Å². The van der Waals surface area contributed by atoms with Crippen LogP contribution < -0.4 is 5.56 Å². The zero-order valence-electron chi connectivity index (χ0n) is 20.2. The highest BCUT2D eigenvalue weighted by atomic mass is 19.3. The topological polar surface area (TPSA) is 59.7 Å². The van der Waals surface area contributed by atoms with E-state index in [4.69, 9.17) is 9.72 Å². The van der Waals surface area contributed by atoms with Crippen molar-refractivity contribution in [3.8, 4) is 11.3 Å². The Hall–Kier alpha value is -2.85. The molecule has 1 aromatic carbocycles. The Labute approximate surface area is 205 Å². The third kappa shape index (κ3) is 4.76. The molecule has 2 saturated heterocycles. The number of aryl methyl sites for hydroxylation is 1. The second kappa shape index (κ2) is 9.89. The summed E-state index contributed by atoms with van der Waals surface area (Å²) in [4.78, 5) is 24.2. The lowest BCUT2D eigenvalue weighted by atomic mass is 9.86. The molecule has 0 radical (unpaired) electrons. The highest BCUT2D eigenvalue weighted by Gasteiger charge is 2.36. The van der Waals surface area contributed by atoms with Gasteiger partial charge in [0.25, 0.3) is 12.0 Å². The van der Waals surface area contributed by atoms with Crippen LogP contribution >= 0.6 is 0 Å². The summed E-state index contributed by atoms with van der Waals surface area (Å²) >= 11 is 0. The molecule has 36 heavy (non-hydrogen) atoms. The predicted octanol–water partition coefficient (Wildman–Crippen LogP) is 4.50. The summed E-state index contributed by atoms with van der Waals surface area (Å²) in [5.74, 6) is -1.44. The zero-order chi connectivity index (χ0) is 25.6. The van der Waals surface area contributed by atoms with Crippen LogP contribution in [0.5, 0.6) is 0 Å². The van der Waals surface area contributed by atoms with Crippen molar-refractivity contribution in [3.63, 3.8) is 0 Å². The Morgan fingerprint density at radius 2 is 1.97 bits per heavy atom. The maximum atomic E-state index is 14.8. The molecular weight excluding hydrogens is 476 g/mol. The first kappa shape index (κ1) is 24.8. The Morgan fingerprint density at radius 3 is 2.72 bits per heavy atom. The summed E-state index contributed by atoms with van der Waals surface area (Å²) in [5.41, 5.74) is 1.77. The van der Waals surface area contributed by atoms with Crippen molar-refractivity contribution in [2.24, 2.45) is 5.92 Å². The van der Waals surface area contributed by atoms with Gasteiger partial charge in [0, 0.05) is 48.2 Å². The highest BCUT2D eigenvalue weighted by Crippen LogP contribution is 2.36. The fourth-order valence-electron chi connectivity index (χ4n) is 5.37. The molecule has 0 amide bonds. The van der Waals surface area contributed by atoms with Gasteiger partial charge in [0.2, 0.25) is 0 Å². The van der Waals surface area contributed by atoms with Gasteiger partial charge in [-0.2, -0.15) is 0 Å². The number of nitrogens with zero attached hydrogens (tertiary/aromatic N) is 4. The van der Waals surface area contributed by atoms with Crippen molar-refractivity contribution in [2.75, 3.05) is 26.2 Å². The number of ether oxygens (including phenoxy) is 1. The first-order valence-electron chi connectivity index (χ1n) is 12.2. The zero-order valence-corrected chi connectivity index (χ0v) is 20.2. The summed E-state index contributed by atoms with van der Waals surface area (Å²) in [6.45, 7) is 4.80. The maximum absolute atomic E-state index is 14.8. The normalized spacial score (nSPS) is 23.1. The SMILES string of the molecule is Cc1nc2c(-c3ccc(F)cc3F)nc([C@H]3CCO[C@@H]([C@@H]4CCN(CC(F)F)C4)C3)cn2c(=O)c1C. The standard InChI is InChI=1S/C26H28F4N4O2/c1-14-15(2)31-25-24(19-4-3-18(27)10-20(19)28)32-21(12-34(25)26(14)35)16-6-8-36-22(9-16)17-5-7-33(11-17)13-23(29)30/h3-4,10,12,16-17,22-23H,5-9,11,13H2,1-2H3/t16-,17+,22+/m0/s1. The van der Waals surface area contributed by atoms with Gasteiger partial charge in [-0.1, -0.05) is 0 Å². The molecule has 2 aliphatic heterocycles. The third-order valence-corrected chi connectivity index (χ3v) is 7.45. The van der Waals surface area contributed by atoms with Gasteiger partial charge >= 0.3 is 0 Å². The summed E-state index contributed by atoms with van der Waals surface area (Å²) in [6.07, 6.45) is 1.22. The average Bonchev–Trinajstić information content (AvgIpc) is 3.30. The van der Waals surface area contributed by atoms with E-state index >= 15 is 0 Å². The molecule has 2 aromatic heterocycles. The van der Waals surface area contributed by atoms with Gasteiger partial charge < -0.3 is 4.74 Å². The van der Waals surface area contributed by atoms with Crippen molar-refractivity contribution >= 4 is 5.65 Å². The maximum Gasteiger partial charge on any atom is 0.261 e. The van der Waals surface area contributed by atoms with E-state index in [1.165, 1.54) is 10.5 Å². The van der Waals surface area contributed by atoms with Gasteiger partial charge in [-0.05, 0) is 57.7 Å².